The van der Waals surface area contributed by atoms with Gasteiger partial charge in [0.15, 0.2) is 69.9 Å². The van der Waals surface area contributed by atoms with Crippen LogP contribution in [-0.4, -0.2) is 94.7 Å². The van der Waals surface area contributed by atoms with E-state index in [0.29, 0.717) is 69.9 Å². The van der Waals surface area contributed by atoms with Crippen molar-refractivity contribution in [3.8, 4) is 182 Å². The number of nitrogens with zero attached hydrogens (tertiary/aromatic N) is 19. The highest BCUT2D eigenvalue weighted by molar-refractivity contribution is 5.73. The molecule has 0 unspecified atom stereocenters. The molecule has 19 heteroatoms. The second-order valence-electron chi connectivity index (χ2n) is 33.7. The molecule has 0 atom stereocenters. The number of hydrogen-bond donors (Lipinski definition) is 0. The highest BCUT2D eigenvalue weighted by atomic mass is 15.1. The van der Waals surface area contributed by atoms with Gasteiger partial charge in [-0.15, -0.1) is 0 Å². The van der Waals surface area contributed by atoms with E-state index < -0.39 is 0 Å². The van der Waals surface area contributed by atoms with Crippen LogP contribution < -0.4 is 0 Å². The summed E-state index contributed by atoms with van der Waals surface area (Å²) in [5, 5.41) is 0. The minimum atomic E-state index is 0.685. The lowest BCUT2D eigenvalue weighted by molar-refractivity contribution is 0.992. The highest BCUT2D eigenvalue weighted by Crippen LogP contribution is 2.32. The molecule has 0 aliphatic heterocycles. The summed E-state index contributed by atoms with van der Waals surface area (Å²) >= 11 is 0. The first kappa shape index (κ1) is 97.4. The van der Waals surface area contributed by atoms with Crippen molar-refractivity contribution in [2.24, 2.45) is 0 Å². The van der Waals surface area contributed by atoms with Gasteiger partial charge in [-0.05, 0) is 72.7 Å². The minimum absolute atomic E-state index is 0.685. The Kier molecular flexibility index (Phi) is 33.1. The van der Waals surface area contributed by atoms with E-state index in [-0.39, 0.29) is 0 Å². The molecule has 700 valence electrons. The molecule has 0 saturated carbocycles. The summed E-state index contributed by atoms with van der Waals surface area (Å²) in [7, 11) is 0. The SMILES string of the molecule is Cc1ccc(-c2cc(-c3ccccc3)ncn2)cc1.Cc1ccc(-c2nc(-c3ccccc3)nc(-c3ccccc3)n2)cc1.Cc1ccc(-c2ncnc(-c3ccccc3)n2)cc1.Cc1cccc(-c2nc(-c3ccccc3)nc(-c3ccccc3)n2)c1.Cc1cccc(-c2ncnc(-c3ccccc3)n2)c1.Cc1nc(-c2ccccc2)cc(-c2ccccc2)n1.Cc1nc(-c2ccccc2)nc(-c2ccccc2)n1. The molecule has 0 fully saturated rings. The molecule has 0 aliphatic carbocycles. The van der Waals surface area contributed by atoms with E-state index >= 15 is 0 Å². The molecule has 23 rings (SSSR count). The fraction of sp³-hybridized carbons (Fsp3) is 0.0556. The van der Waals surface area contributed by atoms with Crippen LogP contribution in [0.5, 0.6) is 0 Å². The molecular formula is C126H101N19. The monoisotopic (exact) mass is 1880 g/mol. The molecule has 145 heavy (non-hydrogen) atoms. The summed E-state index contributed by atoms with van der Waals surface area (Å²) in [6.45, 7) is 14.2. The molecule has 7 heterocycles. The maximum absolute atomic E-state index is 4.72. The predicted octanol–water partition coefficient (Wildman–Crippen LogP) is 29.1. The fourth-order valence-electron chi connectivity index (χ4n) is 15.2. The molecule has 0 aliphatic rings. The van der Waals surface area contributed by atoms with Crippen LogP contribution in [0.3, 0.4) is 0 Å². The van der Waals surface area contributed by atoms with E-state index in [9.17, 15) is 0 Å². The summed E-state index contributed by atoms with van der Waals surface area (Å²) in [6.07, 6.45) is 4.75. The first-order valence-corrected chi connectivity index (χ1v) is 47.5. The van der Waals surface area contributed by atoms with E-state index in [1.54, 1.807) is 19.0 Å². The zero-order chi connectivity index (χ0) is 99.5. The number of aryl methyl sites for hydroxylation is 7. The van der Waals surface area contributed by atoms with Gasteiger partial charge in [-0.2, -0.15) is 0 Å². The summed E-state index contributed by atoms with van der Waals surface area (Å²) in [5.41, 5.74) is 26.3. The van der Waals surface area contributed by atoms with Crippen molar-refractivity contribution in [2.45, 2.75) is 48.5 Å². The normalized spacial score (nSPS) is 10.4. The number of benzene rings is 16. The fourth-order valence-corrected chi connectivity index (χ4v) is 15.2. The second-order valence-corrected chi connectivity index (χ2v) is 33.7. The van der Waals surface area contributed by atoms with E-state index in [0.717, 1.165) is 123 Å². The molecule has 16 aromatic carbocycles. The zero-order valence-corrected chi connectivity index (χ0v) is 81.2. The Morgan fingerprint density at radius 3 is 0.559 bits per heavy atom. The lowest BCUT2D eigenvalue weighted by Crippen LogP contribution is -2.00. The maximum atomic E-state index is 4.72. The third-order valence-electron chi connectivity index (χ3n) is 22.7. The van der Waals surface area contributed by atoms with Crippen LogP contribution in [0.15, 0.2) is 486 Å². The van der Waals surface area contributed by atoms with E-state index in [1.165, 1.54) is 27.8 Å². The highest BCUT2D eigenvalue weighted by Gasteiger charge is 2.18. The van der Waals surface area contributed by atoms with E-state index in [4.69, 9.17) is 29.9 Å². The van der Waals surface area contributed by atoms with Crippen molar-refractivity contribution >= 4 is 0 Å². The molecule has 0 bridgehead atoms. The van der Waals surface area contributed by atoms with Gasteiger partial charge in [0.05, 0.1) is 22.8 Å². The van der Waals surface area contributed by atoms with Crippen LogP contribution in [0, 0.1) is 48.5 Å². The topological polar surface area (TPSA) is 245 Å². The number of hydrogen-bond acceptors (Lipinski definition) is 19. The molecule has 0 N–H and O–H groups in total. The van der Waals surface area contributed by atoms with Gasteiger partial charge >= 0.3 is 0 Å². The lowest BCUT2D eigenvalue weighted by Gasteiger charge is -2.08. The Hall–Kier alpha value is -19.3. The zero-order valence-electron chi connectivity index (χ0n) is 81.2. The summed E-state index contributed by atoms with van der Waals surface area (Å²) in [4.78, 5) is 85.4. The van der Waals surface area contributed by atoms with Gasteiger partial charge in [-0.3, -0.25) is 0 Å². The third kappa shape index (κ3) is 27.6. The predicted molar refractivity (Wildman–Crippen MR) is 583 cm³/mol. The second kappa shape index (κ2) is 49.3. The first-order chi connectivity index (χ1) is 71.2. The Bertz CT molecular complexity index is 7570. The molecule has 0 saturated heterocycles. The smallest absolute Gasteiger partial charge is 0.164 e. The van der Waals surface area contributed by atoms with E-state index in [1.807, 2.05) is 372 Å². The van der Waals surface area contributed by atoms with Crippen LogP contribution in [0.4, 0.5) is 0 Å². The quantitative estimate of drug-likeness (QED) is 0.0872. The maximum Gasteiger partial charge on any atom is 0.164 e. The van der Waals surface area contributed by atoms with Crippen LogP contribution >= 0.6 is 0 Å². The van der Waals surface area contributed by atoms with Gasteiger partial charge in [0.25, 0.3) is 0 Å². The van der Waals surface area contributed by atoms with Crippen LogP contribution in [0.25, 0.3) is 182 Å². The average molecular weight is 1880 g/mol. The summed E-state index contributed by atoms with van der Waals surface area (Å²) in [5.74, 6) is 9.88. The molecule has 0 radical (unpaired) electrons. The van der Waals surface area contributed by atoms with Gasteiger partial charge in [-0.25, -0.2) is 94.7 Å². The van der Waals surface area contributed by atoms with Crippen LogP contribution in [0.1, 0.15) is 39.5 Å². The Balaban J connectivity index is 0.000000116. The van der Waals surface area contributed by atoms with Crippen molar-refractivity contribution in [1.29, 1.82) is 0 Å². The van der Waals surface area contributed by atoms with Gasteiger partial charge in [-0.1, -0.05) is 471 Å². The molecule has 0 amide bonds. The van der Waals surface area contributed by atoms with Gasteiger partial charge < -0.3 is 0 Å². The van der Waals surface area contributed by atoms with Crippen LogP contribution in [0.2, 0.25) is 0 Å². The third-order valence-corrected chi connectivity index (χ3v) is 22.7. The van der Waals surface area contributed by atoms with E-state index in [2.05, 4.69) is 209 Å². The molecule has 23 aromatic rings. The summed E-state index contributed by atoms with van der Waals surface area (Å²) < 4.78 is 0. The first-order valence-electron chi connectivity index (χ1n) is 47.5. The van der Waals surface area contributed by atoms with Crippen molar-refractivity contribution in [1.82, 2.24) is 94.7 Å². The Morgan fingerprint density at radius 1 is 0.110 bits per heavy atom. The molecule has 7 aromatic heterocycles. The largest absolute Gasteiger partial charge is 0.236 e. The van der Waals surface area contributed by atoms with Gasteiger partial charge in [0, 0.05) is 89.0 Å². The Labute approximate surface area is 844 Å². The van der Waals surface area contributed by atoms with Crippen molar-refractivity contribution in [3.63, 3.8) is 0 Å². The molecule has 19 nitrogen and oxygen atoms in total. The van der Waals surface area contributed by atoms with Crippen molar-refractivity contribution in [3.05, 3.63) is 526 Å². The Morgan fingerprint density at radius 2 is 0.283 bits per heavy atom. The van der Waals surface area contributed by atoms with Crippen LogP contribution in [-0.2, 0) is 0 Å². The average Bonchev–Trinajstić information content (AvgIpc) is 0.805. The lowest BCUT2D eigenvalue weighted by atomic mass is 10.1. The number of rotatable bonds is 16. The van der Waals surface area contributed by atoms with Crippen molar-refractivity contribution < 1.29 is 0 Å². The minimum Gasteiger partial charge on any atom is -0.236 e. The van der Waals surface area contributed by atoms with Crippen molar-refractivity contribution in [2.75, 3.05) is 0 Å². The summed E-state index contributed by atoms with van der Waals surface area (Å²) in [6, 6.07) is 156. The van der Waals surface area contributed by atoms with Gasteiger partial charge in [0.2, 0.25) is 0 Å². The molecule has 0 spiro atoms. The van der Waals surface area contributed by atoms with Gasteiger partial charge in [0.1, 0.15) is 30.6 Å². The number of aromatic nitrogens is 19. The standard InChI is InChI=1S/2C22H17N3.2C17H14N2.3C16H13N3/c1-16-9-8-14-19(15-16)22-24-20(17-10-4-2-5-11-17)23-21(25-22)18-12-6-3-7-13-18;1-16-12-14-19(15-13-16)22-24-20(17-8-4-2-5-9-17)23-21(25-22)18-10-6-3-7-11-18;1-13-18-16(14-8-4-2-5-9-14)12-17(19-13)15-10-6-3-7-11-15;1-13-7-9-15(10-8-13)17-11-16(18-12-19-17)14-5-3-2-4-6-14;1-12-17-15(13-8-4-2-5-9-13)19-16(18-12)14-10-6-3-7-11-14;1-12-6-5-9-14(10-12)16-18-11-17-15(19-16)13-7-3-2-4-8-13;1-12-7-9-14(10-8-12)16-18-11-17-15(19-16)13-5-3-2-4-6-13/h2*2-15H,1H3;2*2-12H,1H3;3*2-11H,1H3. The molecular weight excluding hydrogens is 1780 g/mol.